The summed E-state index contributed by atoms with van der Waals surface area (Å²) in [6.07, 6.45) is 73.0. The molecule has 0 aromatic carbocycles. The Morgan fingerprint density at radius 2 is 0.750 bits per heavy atom. The van der Waals surface area contributed by atoms with Crippen LogP contribution >= 0.6 is 0 Å². The lowest BCUT2D eigenvalue weighted by Crippen LogP contribution is -2.29. The average molecular weight is 889 g/mol. The standard InChI is InChI=1S/C59H100O5/c1-4-7-10-13-16-19-22-25-28-30-32-34-37-40-43-46-49-52-58(60)63-56-57(55-62-54-51-48-45-42-39-36-33-29-26-23-20-17-14-11-8-5-2)64-59(61)53-50-47-44-41-38-35-31-27-24-21-18-15-12-9-6-3/h7,9-10,12,16,18-19,21,25,27-28,31,38,41,47,50,57H,4-6,8,11,13-15,17,20,22-24,26,29-30,32-37,39-40,42-46,48-49,51-56H2,1-3H3/b10-7-,12-9-,19-16-,21-18-,28-25-,31-27-,41-38-,50-47-. The molecule has 0 aromatic rings. The molecule has 0 N–H and O–H groups in total. The second-order valence-corrected chi connectivity index (χ2v) is 17.4. The molecule has 0 heterocycles. The lowest BCUT2D eigenvalue weighted by molar-refractivity contribution is -0.162. The number of carbonyl (C=O) groups excluding carboxylic acids is 2. The van der Waals surface area contributed by atoms with Gasteiger partial charge in [-0.3, -0.25) is 9.59 Å². The van der Waals surface area contributed by atoms with Gasteiger partial charge in [0.15, 0.2) is 6.10 Å². The van der Waals surface area contributed by atoms with Crippen LogP contribution in [0.3, 0.4) is 0 Å². The molecule has 0 aliphatic rings. The van der Waals surface area contributed by atoms with Crippen LogP contribution in [0, 0.1) is 0 Å². The van der Waals surface area contributed by atoms with Crippen molar-refractivity contribution in [2.45, 2.75) is 245 Å². The van der Waals surface area contributed by atoms with Gasteiger partial charge in [-0.2, -0.15) is 0 Å². The maximum absolute atomic E-state index is 12.8. The Morgan fingerprint density at radius 1 is 0.375 bits per heavy atom. The van der Waals surface area contributed by atoms with Crippen LogP contribution in [0.15, 0.2) is 97.2 Å². The highest BCUT2D eigenvalue weighted by atomic mass is 16.6. The van der Waals surface area contributed by atoms with E-state index < -0.39 is 6.10 Å². The Labute approximate surface area is 396 Å². The SMILES string of the molecule is CC/C=C\C/C=C\C/C=C\C/C=C\C/C=C\CC(=O)OC(COCCCCCCCCCCCCCCCCCC)COC(=O)CCCCCCCCC/C=C\C/C=C\C/C=C\CC. The minimum Gasteiger partial charge on any atom is -0.462 e. The van der Waals surface area contributed by atoms with Crippen LogP contribution in [0.1, 0.15) is 239 Å². The Balaban J connectivity index is 4.39. The third kappa shape index (κ3) is 51.5. The molecule has 5 nitrogen and oxygen atoms in total. The van der Waals surface area contributed by atoms with E-state index in [1.807, 2.05) is 12.2 Å². The molecule has 0 spiro atoms. The van der Waals surface area contributed by atoms with Gasteiger partial charge in [0.25, 0.3) is 0 Å². The van der Waals surface area contributed by atoms with Crippen molar-refractivity contribution in [3.05, 3.63) is 97.2 Å². The first-order chi connectivity index (χ1) is 31.6. The molecule has 0 fully saturated rings. The van der Waals surface area contributed by atoms with Gasteiger partial charge < -0.3 is 14.2 Å². The van der Waals surface area contributed by atoms with Crippen molar-refractivity contribution in [2.24, 2.45) is 0 Å². The normalized spacial score (nSPS) is 13.0. The van der Waals surface area contributed by atoms with Crippen molar-refractivity contribution >= 4 is 11.9 Å². The van der Waals surface area contributed by atoms with Crippen LogP contribution in [0.2, 0.25) is 0 Å². The van der Waals surface area contributed by atoms with Gasteiger partial charge in [-0.1, -0.05) is 246 Å². The molecule has 0 aromatic heterocycles. The predicted molar refractivity (Wildman–Crippen MR) is 279 cm³/mol. The Morgan fingerprint density at radius 3 is 1.20 bits per heavy atom. The van der Waals surface area contributed by atoms with E-state index in [-0.39, 0.29) is 31.6 Å². The zero-order chi connectivity index (χ0) is 46.3. The van der Waals surface area contributed by atoms with Crippen molar-refractivity contribution in [3.8, 4) is 0 Å². The third-order valence-corrected chi connectivity index (χ3v) is 11.1. The zero-order valence-corrected chi connectivity index (χ0v) is 42.0. The van der Waals surface area contributed by atoms with Gasteiger partial charge in [-0.05, 0) is 77.0 Å². The maximum Gasteiger partial charge on any atom is 0.310 e. The fourth-order valence-electron chi connectivity index (χ4n) is 7.25. The molecule has 0 aliphatic carbocycles. The summed E-state index contributed by atoms with van der Waals surface area (Å²) in [4.78, 5) is 25.4. The minimum atomic E-state index is -0.598. The molecule has 0 saturated carbocycles. The van der Waals surface area contributed by atoms with Crippen molar-refractivity contribution in [1.29, 1.82) is 0 Å². The van der Waals surface area contributed by atoms with Crippen LogP contribution < -0.4 is 0 Å². The number of ether oxygens (including phenoxy) is 3. The van der Waals surface area contributed by atoms with Crippen LogP contribution in [0.4, 0.5) is 0 Å². The molecule has 0 rings (SSSR count). The molecule has 0 bridgehead atoms. The first-order valence-corrected chi connectivity index (χ1v) is 26.8. The largest absolute Gasteiger partial charge is 0.462 e. The predicted octanol–water partition coefficient (Wildman–Crippen LogP) is 18.2. The Hall–Kier alpha value is -3.18. The maximum atomic E-state index is 12.8. The van der Waals surface area contributed by atoms with Crippen molar-refractivity contribution in [3.63, 3.8) is 0 Å². The number of hydrogen-bond donors (Lipinski definition) is 0. The number of esters is 2. The smallest absolute Gasteiger partial charge is 0.310 e. The van der Waals surface area contributed by atoms with Crippen LogP contribution in [0.5, 0.6) is 0 Å². The highest BCUT2D eigenvalue weighted by Gasteiger charge is 2.17. The van der Waals surface area contributed by atoms with E-state index in [1.165, 1.54) is 116 Å². The summed E-state index contributed by atoms with van der Waals surface area (Å²) in [7, 11) is 0. The van der Waals surface area contributed by atoms with Gasteiger partial charge in [0.1, 0.15) is 6.61 Å². The van der Waals surface area contributed by atoms with E-state index in [9.17, 15) is 9.59 Å². The molecule has 64 heavy (non-hydrogen) atoms. The van der Waals surface area contributed by atoms with E-state index in [4.69, 9.17) is 14.2 Å². The molecule has 0 radical (unpaired) electrons. The van der Waals surface area contributed by atoms with Crippen molar-refractivity contribution in [2.75, 3.05) is 19.8 Å². The molecular formula is C59H100O5. The summed E-state index contributed by atoms with van der Waals surface area (Å²) in [5, 5.41) is 0. The summed E-state index contributed by atoms with van der Waals surface area (Å²) in [6, 6.07) is 0. The van der Waals surface area contributed by atoms with Crippen molar-refractivity contribution in [1.82, 2.24) is 0 Å². The Bertz CT molecular complexity index is 1230. The Kier molecular flexibility index (Phi) is 51.5. The van der Waals surface area contributed by atoms with Crippen LogP contribution in [-0.2, 0) is 23.8 Å². The molecular weight excluding hydrogens is 789 g/mol. The van der Waals surface area contributed by atoms with Gasteiger partial charge in [-0.25, -0.2) is 0 Å². The summed E-state index contributed by atoms with van der Waals surface area (Å²) >= 11 is 0. The van der Waals surface area contributed by atoms with Gasteiger partial charge >= 0.3 is 11.9 Å². The fraction of sp³-hybridized carbons (Fsp3) is 0.695. The first-order valence-electron chi connectivity index (χ1n) is 26.8. The second kappa shape index (κ2) is 54.2. The topological polar surface area (TPSA) is 61.8 Å². The monoisotopic (exact) mass is 889 g/mol. The number of unbranched alkanes of at least 4 members (excludes halogenated alkanes) is 22. The third-order valence-electron chi connectivity index (χ3n) is 11.1. The van der Waals surface area contributed by atoms with E-state index in [0.29, 0.717) is 13.0 Å². The molecule has 1 atom stereocenters. The summed E-state index contributed by atoms with van der Waals surface area (Å²) in [5.41, 5.74) is 0. The number of hydrogen-bond acceptors (Lipinski definition) is 5. The van der Waals surface area contributed by atoms with Crippen molar-refractivity contribution < 1.29 is 23.8 Å². The first kappa shape index (κ1) is 60.8. The highest BCUT2D eigenvalue weighted by Crippen LogP contribution is 2.15. The average Bonchev–Trinajstić information content (AvgIpc) is 3.30. The van der Waals surface area contributed by atoms with Gasteiger partial charge in [0.05, 0.1) is 13.0 Å². The van der Waals surface area contributed by atoms with E-state index >= 15 is 0 Å². The summed E-state index contributed by atoms with van der Waals surface area (Å²) in [5.74, 6) is -0.552. The highest BCUT2D eigenvalue weighted by molar-refractivity contribution is 5.71. The quantitative estimate of drug-likeness (QED) is 0.0346. The van der Waals surface area contributed by atoms with Gasteiger partial charge in [0.2, 0.25) is 0 Å². The van der Waals surface area contributed by atoms with E-state index in [2.05, 4.69) is 106 Å². The molecule has 0 aliphatic heterocycles. The van der Waals surface area contributed by atoms with Gasteiger partial charge in [-0.15, -0.1) is 0 Å². The number of rotatable bonds is 48. The summed E-state index contributed by atoms with van der Waals surface area (Å²) < 4.78 is 17.3. The fourth-order valence-corrected chi connectivity index (χ4v) is 7.25. The van der Waals surface area contributed by atoms with Crippen LogP contribution in [-0.4, -0.2) is 37.9 Å². The van der Waals surface area contributed by atoms with E-state index in [1.54, 1.807) is 0 Å². The molecule has 5 heteroatoms. The summed E-state index contributed by atoms with van der Waals surface area (Å²) in [6.45, 7) is 7.50. The second-order valence-electron chi connectivity index (χ2n) is 17.4. The lowest BCUT2D eigenvalue weighted by atomic mass is 10.0. The minimum absolute atomic E-state index is 0.0379. The molecule has 366 valence electrons. The zero-order valence-electron chi connectivity index (χ0n) is 42.0. The molecule has 0 amide bonds. The van der Waals surface area contributed by atoms with E-state index in [0.717, 1.165) is 89.9 Å². The number of carbonyl (C=O) groups is 2. The molecule has 1 unspecified atom stereocenters. The molecule has 0 saturated heterocycles. The van der Waals surface area contributed by atoms with Crippen LogP contribution in [0.25, 0.3) is 0 Å². The lowest BCUT2D eigenvalue weighted by Gasteiger charge is -2.18. The number of allylic oxidation sites excluding steroid dienone is 15. The van der Waals surface area contributed by atoms with Gasteiger partial charge in [0, 0.05) is 13.0 Å².